The first-order valence-electron chi connectivity index (χ1n) is 6.74. The third kappa shape index (κ3) is 4.45. The fraction of sp³-hybridized carbons (Fsp3) is 0.176. The van der Waals surface area contributed by atoms with Crippen molar-refractivity contribution in [2.24, 2.45) is 0 Å². The third-order valence-electron chi connectivity index (χ3n) is 2.97. The summed E-state index contributed by atoms with van der Waals surface area (Å²) in [4.78, 5) is 23.7. The lowest BCUT2D eigenvalue weighted by Crippen LogP contribution is -2.35. The molecule has 0 saturated carbocycles. The maximum atomic E-state index is 11.9. The molecule has 0 aliphatic heterocycles. The number of nitrogens with one attached hydrogen (secondary N) is 1. The van der Waals surface area contributed by atoms with E-state index >= 15 is 0 Å². The maximum absolute atomic E-state index is 11.9. The van der Waals surface area contributed by atoms with E-state index in [2.05, 4.69) is 5.32 Å². The van der Waals surface area contributed by atoms with E-state index in [-0.39, 0.29) is 5.91 Å². The van der Waals surface area contributed by atoms with Gasteiger partial charge in [0.25, 0.3) is 5.91 Å². The summed E-state index contributed by atoms with van der Waals surface area (Å²) in [6.07, 6.45) is -0.832. The van der Waals surface area contributed by atoms with Gasteiger partial charge in [-0.2, -0.15) is 0 Å². The van der Waals surface area contributed by atoms with Gasteiger partial charge in [0.15, 0.2) is 6.10 Å². The van der Waals surface area contributed by atoms with Crippen molar-refractivity contribution >= 4 is 11.9 Å². The van der Waals surface area contributed by atoms with E-state index in [0.29, 0.717) is 12.1 Å². The lowest BCUT2D eigenvalue weighted by Gasteiger charge is -2.13. The number of benzene rings is 2. The first-order chi connectivity index (χ1) is 10.2. The summed E-state index contributed by atoms with van der Waals surface area (Å²) in [6.45, 7) is 1.97. The molecule has 0 saturated heterocycles. The number of esters is 1. The fourth-order valence-electron chi connectivity index (χ4n) is 1.79. The number of rotatable bonds is 5. The van der Waals surface area contributed by atoms with E-state index in [1.54, 1.807) is 31.2 Å². The van der Waals surface area contributed by atoms with Gasteiger partial charge in [-0.05, 0) is 24.6 Å². The summed E-state index contributed by atoms with van der Waals surface area (Å²) >= 11 is 0. The number of amides is 1. The van der Waals surface area contributed by atoms with Crippen molar-refractivity contribution in [1.82, 2.24) is 5.32 Å². The predicted molar refractivity (Wildman–Crippen MR) is 79.6 cm³/mol. The van der Waals surface area contributed by atoms with Crippen LogP contribution in [0.3, 0.4) is 0 Å². The summed E-state index contributed by atoms with van der Waals surface area (Å²) in [5.74, 6) is -0.818. The Balaban J connectivity index is 1.84. The van der Waals surface area contributed by atoms with Gasteiger partial charge in [-0.1, -0.05) is 48.5 Å². The minimum absolute atomic E-state index is 0.317. The third-order valence-corrected chi connectivity index (χ3v) is 2.97. The normalized spacial score (nSPS) is 11.5. The van der Waals surface area contributed by atoms with Gasteiger partial charge in [0.05, 0.1) is 5.56 Å². The van der Waals surface area contributed by atoms with Gasteiger partial charge in [0.2, 0.25) is 0 Å². The molecular weight excluding hydrogens is 266 g/mol. The van der Waals surface area contributed by atoms with E-state index in [1.807, 2.05) is 36.4 Å². The molecule has 0 aliphatic rings. The van der Waals surface area contributed by atoms with Crippen molar-refractivity contribution in [3.05, 3.63) is 71.8 Å². The van der Waals surface area contributed by atoms with Gasteiger partial charge in [-0.25, -0.2) is 4.79 Å². The molecule has 1 amide bonds. The standard InChI is InChI=1S/C17H17NO3/c1-13(21-17(20)15-10-6-3-7-11-15)16(19)18-12-14-8-4-2-5-9-14/h2-11,13H,12H2,1H3,(H,18,19)/t13-/m1/s1. The molecule has 1 atom stereocenters. The van der Waals surface area contributed by atoms with E-state index in [4.69, 9.17) is 4.74 Å². The summed E-state index contributed by atoms with van der Waals surface area (Å²) in [5, 5.41) is 2.74. The Morgan fingerprint density at radius 1 is 1.00 bits per heavy atom. The van der Waals surface area contributed by atoms with E-state index in [1.165, 1.54) is 0 Å². The molecule has 0 aliphatic carbocycles. The van der Waals surface area contributed by atoms with Crippen LogP contribution in [-0.4, -0.2) is 18.0 Å². The van der Waals surface area contributed by atoms with E-state index in [9.17, 15) is 9.59 Å². The number of ether oxygens (including phenoxy) is 1. The number of hydrogen-bond donors (Lipinski definition) is 1. The van der Waals surface area contributed by atoms with Crippen molar-refractivity contribution in [3.63, 3.8) is 0 Å². The van der Waals surface area contributed by atoms with Crippen LogP contribution in [0.1, 0.15) is 22.8 Å². The highest BCUT2D eigenvalue weighted by atomic mass is 16.5. The molecule has 4 heteroatoms. The van der Waals surface area contributed by atoms with Crippen LogP contribution < -0.4 is 5.32 Å². The van der Waals surface area contributed by atoms with Crippen molar-refractivity contribution in [2.75, 3.05) is 0 Å². The monoisotopic (exact) mass is 283 g/mol. The highest BCUT2D eigenvalue weighted by Gasteiger charge is 2.18. The van der Waals surface area contributed by atoms with Gasteiger partial charge >= 0.3 is 5.97 Å². The molecule has 21 heavy (non-hydrogen) atoms. The largest absolute Gasteiger partial charge is 0.449 e. The van der Waals surface area contributed by atoms with Crippen LogP contribution in [0.4, 0.5) is 0 Å². The van der Waals surface area contributed by atoms with E-state index in [0.717, 1.165) is 5.56 Å². The summed E-state index contributed by atoms with van der Waals surface area (Å²) in [5.41, 5.74) is 1.42. The number of carbonyl (C=O) groups excluding carboxylic acids is 2. The van der Waals surface area contributed by atoms with Crippen molar-refractivity contribution < 1.29 is 14.3 Å². The lowest BCUT2D eigenvalue weighted by atomic mass is 10.2. The number of carbonyl (C=O) groups is 2. The molecular formula is C17H17NO3. The molecule has 0 bridgehead atoms. The van der Waals surface area contributed by atoms with Gasteiger partial charge in [-0.15, -0.1) is 0 Å². The van der Waals surface area contributed by atoms with Gasteiger partial charge in [-0.3, -0.25) is 4.79 Å². The van der Waals surface area contributed by atoms with Crippen LogP contribution >= 0.6 is 0 Å². The van der Waals surface area contributed by atoms with Crippen LogP contribution in [0, 0.1) is 0 Å². The molecule has 0 heterocycles. The van der Waals surface area contributed by atoms with Crippen LogP contribution in [0.15, 0.2) is 60.7 Å². The highest BCUT2D eigenvalue weighted by molar-refractivity contribution is 5.92. The van der Waals surface area contributed by atoms with Gasteiger partial charge < -0.3 is 10.1 Å². The second-order valence-electron chi connectivity index (χ2n) is 4.62. The molecule has 0 spiro atoms. The van der Waals surface area contributed by atoms with Crippen LogP contribution in [0.2, 0.25) is 0 Å². The quantitative estimate of drug-likeness (QED) is 0.858. The second-order valence-corrected chi connectivity index (χ2v) is 4.62. The molecule has 2 aromatic carbocycles. The Labute approximate surface area is 123 Å². The molecule has 0 unspecified atom stereocenters. The zero-order valence-corrected chi connectivity index (χ0v) is 11.8. The van der Waals surface area contributed by atoms with Crippen molar-refractivity contribution in [3.8, 4) is 0 Å². The average molecular weight is 283 g/mol. The Hall–Kier alpha value is -2.62. The van der Waals surface area contributed by atoms with Crippen molar-refractivity contribution in [2.45, 2.75) is 19.6 Å². The smallest absolute Gasteiger partial charge is 0.338 e. The first-order valence-corrected chi connectivity index (χ1v) is 6.74. The average Bonchev–Trinajstić information content (AvgIpc) is 2.54. The molecule has 2 rings (SSSR count). The SMILES string of the molecule is C[C@@H](OC(=O)c1ccccc1)C(=O)NCc1ccccc1. The molecule has 0 radical (unpaired) electrons. The maximum Gasteiger partial charge on any atom is 0.338 e. The first kappa shape index (κ1) is 14.8. The van der Waals surface area contributed by atoms with Crippen molar-refractivity contribution in [1.29, 1.82) is 0 Å². The lowest BCUT2D eigenvalue weighted by molar-refractivity contribution is -0.129. The van der Waals surface area contributed by atoms with Crippen LogP contribution in [0.25, 0.3) is 0 Å². The van der Waals surface area contributed by atoms with Gasteiger partial charge in [0.1, 0.15) is 0 Å². The summed E-state index contributed by atoms with van der Waals surface area (Å²) in [6, 6.07) is 18.2. The van der Waals surface area contributed by atoms with Crippen LogP contribution in [0.5, 0.6) is 0 Å². The highest BCUT2D eigenvalue weighted by Crippen LogP contribution is 2.04. The zero-order valence-electron chi connectivity index (χ0n) is 11.8. The molecule has 4 nitrogen and oxygen atoms in total. The molecule has 2 aromatic rings. The topological polar surface area (TPSA) is 55.4 Å². The fourth-order valence-corrected chi connectivity index (χ4v) is 1.79. The van der Waals surface area contributed by atoms with Crippen LogP contribution in [-0.2, 0) is 16.1 Å². The van der Waals surface area contributed by atoms with Gasteiger partial charge in [0, 0.05) is 6.54 Å². The Kier molecular flexibility index (Phi) is 5.10. The van der Waals surface area contributed by atoms with E-state index < -0.39 is 12.1 Å². The minimum Gasteiger partial charge on any atom is -0.449 e. The Morgan fingerprint density at radius 3 is 2.19 bits per heavy atom. The number of hydrogen-bond acceptors (Lipinski definition) is 3. The predicted octanol–water partition coefficient (Wildman–Crippen LogP) is 2.55. The molecule has 1 N–H and O–H groups in total. The zero-order chi connectivity index (χ0) is 15.1. The Bertz CT molecular complexity index is 596. The minimum atomic E-state index is -0.832. The summed E-state index contributed by atoms with van der Waals surface area (Å²) in [7, 11) is 0. The Morgan fingerprint density at radius 2 is 1.57 bits per heavy atom. The molecule has 108 valence electrons. The second kappa shape index (κ2) is 7.24. The molecule has 0 aromatic heterocycles. The summed E-state index contributed by atoms with van der Waals surface area (Å²) < 4.78 is 5.14. The molecule has 0 fully saturated rings.